The minimum atomic E-state index is -0.947. The maximum absolute atomic E-state index is 12.5. The molecule has 2 N–H and O–H groups in total. The highest BCUT2D eigenvalue weighted by Gasteiger charge is 2.36. The fourth-order valence-electron chi connectivity index (χ4n) is 2.87. The molecule has 2 aromatic carbocycles. The molecule has 1 atom stereocenters. The number of alkyl carbamates (subject to hydrolysis) is 1. The first-order valence-corrected chi connectivity index (χ1v) is 11.2. The predicted molar refractivity (Wildman–Crippen MR) is 127 cm³/mol. The summed E-state index contributed by atoms with van der Waals surface area (Å²) in [4.78, 5) is 36.2. The number of hydrogen-bond acceptors (Lipinski definition) is 7. The van der Waals surface area contributed by atoms with Gasteiger partial charge in [-0.2, -0.15) is 12.6 Å². The van der Waals surface area contributed by atoms with Crippen molar-refractivity contribution in [1.29, 1.82) is 0 Å². The first kappa shape index (κ1) is 25.0. The van der Waals surface area contributed by atoms with Gasteiger partial charge in [0.25, 0.3) is 5.91 Å². The molecule has 0 heterocycles. The maximum Gasteiger partial charge on any atom is 0.414 e. The molecule has 0 aliphatic heterocycles. The van der Waals surface area contributed by atoms with E-state index in [0.29, 0.717) is 17.5 Å². The number of halogens is 1. The zero-order valence-corrected chi connectivity index (χ0v) is 20.2. The number of carbonyl (C=O) groups excluding carboxylic acids is 3. The average Bonchev–Trinajstić information content (AvgIpc) is 2.74. The van der Waals surface area contributed by atoms with Crippen LogP contribution in [0.4, 0.5) is 4.79 Å². The minimum absolute atomic E-state index is 0.0397. The first-order valence-electron chi connectivity index (χ1n) is 9.46. The number of ether oxygens (including phenoxy) is 2. The highest BCUT2D eigenvalue weighted by Crippen LogP contribution is 2.43. The minimum Gasteiger partial charge on any atom is -0.508 e. The van der Waals surface area contributed by atoms with Crippen molar-refractivity contribution >= 4 is 53.2 Å². The molecule has 0 aliphatic carbocycles. The van der Waals surface area contributed by atoms with Crippen LogP contribution in [0.3, 0.4) is 0 Å². The van der Waals surface area contributed by atoms with Crippen LogP contribution in [0.1, 0.15) is 42.3 Å². The quantitative estimate of drug-likeness (QED) is 0.251. The Morgan fingerprint density at radius 3 is 2.48 bits per heavy atom. The zero-order chi connectivity index (χ0) is 23.0. The Labute approximate surface area is 200 Å². The summed E-state index contributed by atoms with van der Waals surface area (Å²) < 4.78 is 11.6. The molecule has 9 heteroatoms. The van der Waals surface area contributed by atoms with Gasteiger partial charge < -0.3 is 14.6 Å². The molecule has 2 amide bonds. The molecule has 0 fully saturated rings. The Morgan fingerprint density at radius 1 is 1.16 bits per heavy atom. The van der Waals surface area contributed by atoms with Crippen LogP contribution in [0.25, 0.3) is 0 Å². The number of esters is 1. The SMILES string of the molecule is CC(C)(CCOC(=O)CS)[C@@H](OC(=O)NC(=O)c1ccccc1)c1cc(I)ccc1O. The zero-order valence-electron chi connectivity index (χ0n) is 17.1. The summed E-state index contributed by atoms with van der Waals surface area (Å²) in [6.07, 6.45) is -1.53. The summed E-state index contributed by atoms with van der Waals surface area (Å²) >= 11 is 5.96. The monoisotopic (exact) mass is 557 g/mol. The highest BCUT2D eigenvalue weighted by molar-refractivity contribution is 14.1. The Kier molecular flexibility index (Phi) is 9.17. The van der Waals surface area contributed by atoms with E-state index in [9.17, 15) is 19.5 Å². The van der Waals surface area contributed by atoms with Crippen molar-refractivity contribution in [3.05, 3.63) is 63.2 Å². The van der Waals surface area contributed by atoms with Crippen LogP contribution in [0, 0.1) is 8.99 Å². The number of hydrogen-bond donors (Lipinski definition) is 3. The largest absolute Gasteiger partial charge is 0.508 e. The van der Waals surface area contributed by atoms with E-state index in [-0.39, 0.29) is 18.1 Å². The Bertz CT molecular complexity index is 935. The smallest absolute Gasteiger partial charge is 0.414 e. The van der Waals surface area contributed by atoms with Crippen LogP contribution in [-0.2, 0) is 14.3 Å². The van der Waals surface area contributed by atoms with Gasteiger partial charge in [0.05, 0.1) is 12.4 Å². The van der Waals surface area contributed by atoms with Crippen LogP contribution >= 0.6 is 35.2 Å². The number of benzene rings is 2. The molecule has 166 valence electrons. The lowest BCUT2D eigenvalue weighted by Gasteiger charge is -2.34. The van der Waals surface area contributed by atoms with Gasteiger partial charge in [-0.15, -0.1) is 0 Å². The lowest BCUT2D eigenvalue weighted by Crippen LogP contribution is -2.36. The molecule has 0 saturated carbocycles. The normalized spacial score (nSPS) is 12.0. The Balaban J connectivity index is 2.23. The van der Waals surface area contributed by atoms with Gasteiger partial charge in [-0.3, -0.25) is 14.9 Å². The van der Waals surface area contributed by atoms with E-state index in [4.69, 9.17) is 9.47 Å². The first-order chi connectivity index (χ1) is 14.6. The van der Waals surface area contributed by atoms with E-state index in [1.54, 1.807) is 42.5 Å². The lowest BCUT2D eigenvalue weighted by atomic mass is 9.79. The number of rotatable bonds is 8. The number of phenols is 1. The number of carbonyl (C=O) groups is 3. The molecular formula is C22H24INO6S. The lowest BCUT2D eigenvalue weighted by molar-refractivity contribution is -0.141. The fourth-order valence-corrected chi connectivity index (χ4v) is 3.48. The molecule has 2 aromatic rings. The summed E-state index contributed by atoms with van der Waals surface area (Å²) in [6, 6.07) is 13.2. The number of nitrogens with one attached hydrogen (secondary N) is 1. The van der Waals surface area contributed by atoms with Crippen molar-refractivity contribution in [2.45, 2.75) is 26.4 Å². The van der Waals surface area contributed by atoms with Crippen LogP contribution in [0.5, 0.6) is 5.75 Å². The van der Waals surface area contributed by atoms with E-state index in [0.717, 1.165) is 3.57 Å². The standard InChI is InChI=1S/C22H24INO6S/c1-22(2,10-11-29-18(26)13-31)19(16-12-15(23)8-9-17(16)25)30-21(28)24-20(27)14-6-4-3-5-7-14/h3-9,12,19,25,31H,10-11,13H2,1-2H3,(H,24,27,28)/t19-/m0/s1. The van der Waals surface area contributed by atoms with Crippen LogP contribution in [0.15, 0.2) is 48.5 Å². The molecule has 31 heavy (non-hydrogen) atoms. The summed E-state index contributed by atoms with van der Waals surface area (Å²) in [7, 11) is 0. The van der Waals surface area contributed by atoms with Gasteiger partial charge in [0.15, 0.2) is 0 Å². The van der Waals surface area contributed by atoms with Crippen LogP contribution in [0.2, 0.25) is 0 Å². The fraction of sp³-hybridized carbons (Fsp3) is 0.318. The third-order valence-corrected chi connectivity index (χ3v) is 5.53. The number of amides is 2. The van der Waals surface area contributed by atoms with Gasteiger partial charge in [-0.05, 0) is 59.3 Å². The van der Waals surface area contributed by atoms with E-state index >= 15 is 0 Å². The van der Waals surface area contributed by atoms with Crippen molar-refractivity contribution in [2.75, 3.05) is 12.4 Å². The molecule has 2 rings (SSSR count). The Morgan fingerprint density at radius 2 is 1.84 bits per heavy atom. The summed E-state index contributed by atoms with van der Waals surface area (Å²) in [6.45, 7) is 3.72. The van der Waals surface area contributed by atoms with Crippen molar-refractivity contribution in [1.82, 2.24) is 5.32 Å². The average molecular weight is 557 g/mol. The van der Waals surface area contributed by atoms with Crippen LogP contribution in [-0.4, -0.2) is 35.4 Å². The van der Waals surface area contributed by atoms with E-state index in [1.165, 1.54) is 6.07 Å². The van der Waals surface area contributed by atoms with Crippen molar-refractivity contribution in [3.8, 4) is 5.75 Å². The molecular weight excluding hydrogens is 533 g/mol. The van der Waals surface area contributed by atoms with Gasteiger partial charge in [-0.25, -0.2) is 4.79 Å². The van der Waals surface area contributed by atoms with E-state index < -0.39 is 29.5 Å². The molecule has 0 aromatic heterocycles. The molecule has 0 unspecified atom stereocenters. The molecule has 0 radical (unpaired) electrons. The van der Waals surface area contributed by atoms with E-state index in [1.807, 2.05) is 13.8 Å². The van der Waals surface area contributed by atoms with Gasteiger partial charge in [0.1, 0.15) is 11.9 Å². The maximum atomic E-state index is 12.5. The van der Waals surface area contributed by atoms with Crippen molar-refractivity contribution in [3.63, 3.8) is 0 Å². The van der Waals surface area contributed by atoms with Gasteiger partial charge >= 0.3 is 12.1 Å². The third kappa shape index (κ3) is 7.42. The number of aromatic hydroxyl groups is 1. The van der Waals surface area contributed by atoms with Gasteiger partial charge in [-0.1, -0.05) is 32.0 Å². The number of imide groups is 1. The molecule has 0 bridgehead atoms. The topological polar surface area (TPSA) is 102 Å². The summed E-state index contributed by atoms with van der Waals surface area (Å²) in [5.41, 5.74) is -0.0443. The number of thiol groups is 1. The predicted octanol–water partition coefficient (Wildman–Crippen LogP) is 4.49. The molecule has 0 spiro atoms. The van der Waals surface area contributed by atoms with Gasteiger partial charge in [0.2, 0.25) is 0 Å². The van der Waals surface area contributed by atoms with Gasteiger partial charge in [0, 0.05) is 20.1 Å². The second-order valence-corrected chi connectivity index (χ2v) is 8.99. The van der Waals surface area contributed by atoms with Crippen LogP contribution < -0.4 is 5.32 Å². The second-order valence-electron chi connectivity index (χ2n) is 7.43. The van der Waals surface area contributed by atoms with E-state index in [2.05, 4.69) is 40.5 Å². The molecule has 0 saturated heterocycles. The second kappa shape index (κ2) is 11.4. The molecule has 0 aliphatic rings. The molecule has 7 nitrogen and oxygen atoms in total. The summed E-state index contributed by atoms with van der Waals surface area (Å²) in [5.74, 6) is -1.15. The van der Waals surface area contributed by atoms with Crippen molar-refractivity contribution in [2.24, 2.45) is 5.41 Å². The third-order valence-electron chi connectivity index (χ3n) is 4.60. The number of phenolic OH excluding ortho intramolecular Hbond substituents is 1. The van der Waals surface area contributed by atoms with Crippen molar-refractivity contribution < 1.29 is 29.0 Å². The summed E-state index contributed by atoms with van der Waals surface area (Å²) in [5, 5.41) is 12.6. The Hall–Kier alpha value is -2.27. The highest BCUT2D eigenvalue weighted by atomic mass is 127.